The summed E-state index contributed by atoms with van der Waals surface area (Å²) >= 11 is 0. The molecule has 6 rings (SSSR count). The number of methoxy groups -OCH3 is 1. The fraction of sp³-hybridized carbons (Fsp3) is 0.267. The van der Waals surface area contributed by atoms with Crippen LogP contribution in [-0.2, 0) is 19.6 Å². The molecule has 0 unspecified atom stereocenters. The molecule has 10 nitrogen and oxygen atoms in total. The van der Waals surface area contributed by atoms with Crippen LogP contribution < -0.4 is 19.8 Å². The van der Waals surface area contributed by atoms with Crippen LogP contribution in [0.3, 0.4) is 0 Å². The third kappa shape index (κ3) is 5.26. The number of pyridine rings is 1. The molecule has 40 heavy (non-hydrogen) atoms. The van der Waals surface area contributed by atoms with Gasteiger partial charge < -0.3 is 19.2 Å². The minimum absolute atomic E-state index is 0.143. The van der Waals surface area contributed by atoms with E-state index in [2.05, 4.69) is 44.5 Å². The maximum atomic E-state index is 13.3. The van der Waals surface area contributed by atoms with E-state index in [0.29, 0.717) is 30.9 Å². The smallest absolute Gasteiger partial charge is 0.252 e. The predicted octanol–water partition coefficient (Wildman–Crippen LogP) is 4.45. The topological polar surface area (TPSA) is 107 Å². The summed E-state index contributed by atoms with van der Waals surface area (Å²) in [4.78, 5) is 18.5. The number of nitrogens with zero attached hydrogens (tertiary/aromatic N) is 5. The van der Waals surface area contributed by atoms with Crippen LogP contribution in [-0.4, -0.2) is 44.0 Å². The number of nitrogens with one attached hydrogen (secondary N) is 1. The molecule has 204 valence electrons. The highest BCUT2D eigenvalue weighted by Crippen LogP contribution is 2.34. The highest BCUT2D eigenvalue weighted by Gasteiger charge is 2.27. The van der Waals surface area contributed by atoms with E-state index in [1.54, 1.807) is 7.11 Å². The first-order valence-corrected chi connectivity index (χ1v) is 13.2. The fourth-order valence-electron chi connectivity index (χ4n) is 5.16. The van der Waals surface area contributed by atoms with Gasteiger partial charge in [0.15, 0.2) is 17.3 Å². The number of rotatable bonds is 10. The third-order valence-electron chi connectivity index (χ3n) is 7.19. The second-order valence-electron chi connectivity index (χ2n) is 9.77. The van der Waals surface area contributed by atoms with Crippen molar-refractivity contribution in [2.45, 2.75) is 39.0 Å². The number of hydrogen-bond donors (Lipinski definition) is 1. The summed E-state index contributed by atoms with van der Waals surface area (Å²) < 4.78 is 18.3. The Morgan fingerprint density at radius 3 is 2.67 bits per heavy atom. The quantitative estimate of drug-likeness (QED) is 0.278. The van der Waals surface area contributed by atoms with Gasteiger partial charge in [0.2, 0.25) is 6.79 Å². The van der Waals surface area contributed by atoms with E-state index in [-0.39, 0.29) is 18.4 Å². The van der Waals surface area contributed by atoms with Crippen molar-refractivity contribution >= 4 is 10.9 Å². The van der Waals surface area contributed by atoms with Crippen LogP contribution in [0.25, 0.3) is 10.9 Å². The minimum atomic E-state index is -0.157. The summed E-state index contributed by atoms with van der Waals surface area (Å²) in [6.45, 7) is 3.81. The van der Waals surface area contributed by atoms with Crippen molar-refractivity contribution in [2.75, 3.05) is 13.9 Å². The molecule has 1 N–H and O–H groups in total. The Bertz CT molecular complexity index is 1680. The zero-order valence-corrected chi connectivity index (χ0v) is 22.4. The summed E-state index contributed by atoms with van der Waals surface area (Å²) in [7, 11) is 1.61. The molecule has 10 heteroatoms. The highest BCUT2D eigenvalue weighted by molar-refractivity contribution is 5.80. The van der Waals surface area contributed by atoms with Crippen LogP contribution in [0.2, 0.25) is 0 Å². The van der Waals surface area contributed by atoms with Gasteiger partial charge in [-0.3, -0.25) is 9.69 Å². The van der Waals surface area contributed by atoms with Crippen LogP contribution >= 0.6 is 0 Å². The van der Waals surface area contributed by atoms with E-state index < -0.39 is 0 Å². The summed E-state index contributed by atoms with van der Waals surface area (Å²) in [5, 5.41) is 13.7. The monoisotopic (exact) mass is 538 g/mol. The second-order valence-corrected chi connectivity index (χ2v) is 9.77. The highest BCUT2D eigenvalue weighted by atomic mass is 16.7. The number of benzene rings is 3. The third-order valence-corrected chi connectivity index (χ3v) is 7.19. The number of hydrogen-bond acceptors (Lipinski definition) is 8. The maximum absolute atomic E-state index is 13.3. The first kappa shape index (κ1) is 25.6. The normalized spacial score (nSPS) is 13.2. The first-order valence-electron chi connectivity index (χ1n) is 13.2. The molecule has 1 aliphatic heterocycles. The molecule has 0 bridgehead atoms. The number of aromatic amines is 1. The molecule has 0 spiro atoms. The van der Waals surface area contributed by atoms with Gasteiger partial charge in [-0.15, -0.1) is 5.10 Å². The molecule has 0 radical (unpaired) electrons. The number of H-pyrrole nitrogens is 1. The molecular weight excluding hydrogens is 508 g/mol. The van der Waals surface area contributed by atoms with E-state index in [0.717, 1.165) is 45.8 Å². The lowest BCUT2D eigenvalue weighted by atomic mass is 10.1. The Balaban J connectivity index is 1.37. The molecule has 0 amide bonds. The molecule has 0 saturated heterocycles. The Morgan fingerprint density at radius 1 is 1.00 bits per heavy atom. The van der Waals surface area contributed by atoms with Gasteiger partial charge in [-0.1, -0.05) is 43.3 Å². The minimum Gasteiger partial charge on any atom is -0.497 e. The van der Waals surface area contributed by atoms with Crippen LogP contribution in [0.1, 0.15) is 41.9 Å². The second kappa shape index (κ2) is 11.2. The summed E-state index contributed by atoms with van der Waals surface area (Å²) in [5.74, 6) is 2.89. The molecule has 0 saturated carbocycles. The SMILES string of the molecule is CC[C@H](c1nnnn1Cc1ccccc1)N(Cc1ccc2c(c1)OCO2)Cc1cc2ccc(OC)cc2[nH]c1=O. The number of ether oxygens (including phenoxy) is 3. The van der Waals surface area contributed by atoms with Crippen molar-refractivity contribution in [1.82, 2.24) is 30.1 Å². The molecule has 1 aliphatic rings. The molecular formula is C30H30N6O4. The van der Waals surface area contributed by atoms with Gasteiger partial charge in [0, 0.05) is 24.7 Å². The summed E-state index contributed by atoms with van der Waals surface area (Å²) in [5.41, 5.74) is 3.38. The molecule has 3 heterocycles. The van der Waals surface area contributed by atoms with E-state index in [9.17, 15) is 4.79 Å². The van der Waals surface area contributed by atoms with Crippen LogP contribution in [0.4, 0.5) is 0 Å². The molecule has 0 fully saturated rings. The molecule has 0 aliphatic carbocycles. The lowest BCUT2D eigenvalue weighted by Gasteiger charge is -2.30. The zero-order valence-electron chi connectivity index (χ0n) is 22.4. The van der Waals surface area contributed by atoms with Crippen LogP contribution in [0.5, 0.6) is 17.2 Å². The molecule has 1 atom stereocenters. The van der Waals surface area contributed by atoms with Gasteiger partial charge in [-0.05, 0) is 63.7 Å². The van der Waals surface area contributed by atoms with Crippen molar-refractivity contribution < 1.29 is 14.2 Å². The van der Waals surface area contributed by atoms with Crippen LogP contribution in [0.15, 0.2) is 77.6 Å². The van der Waals surface area contributed by atoms with Gasteiger partial charge in [0.1, 0.15) is 5.75 Å². The Kier molecular flexibility index (Phi) is 7.15. The van der Waals surface area contributed by atoms with Crippen molar-refractivity contribution in [2.24, 2.45) is 0 Å². The van der Waals surface area contributed by atoms with E-state index in [1.165, 1.54) is 0 Å². The molecule has 3 aromatic carbocycles. The number of aromatic nitrogens is 5. The average molecular weight is 539 g/mol. The van der Waals surface area contributed by atoms with Crippen molar-refractivity contribution in [3.8, 4) is 17.2 Å². The lowest BCUT2D eigenvalue weighted by molar-refractivity contribution is 0.161. The van der Waals surface area contributed by atoms with Gasteiger partial charge in [-0.25, -0.2) is 4.68 Å². The van der Waals surface area contributed by atoms with Gasteiger partial charge in [0.25, 0.3) is 5.56 Å². The van der Waals surface area contributed by atoms with E-state index in [1.807, 2.05) is 65.3 Å². The Hall–Kier alpha value is -4.70. The standard InChI is InChI=1S/C30H30N6O4/c1-3-26(29-32-33-34-36(29)17-20-7-5-4-6-8-20)35(16-21-9-12-27-28(13-21)40-19-39-27)18-23-14-22-10-11-24(38-2)15-25(22)31-30(23)37/h4-15,26H,3,16-19H2,1-2H3,(H,31,37)/t26-/m1/s1. The Morgan fingerprint density at radius 2 is 1.85 bits per heavy atom. The van der Waals surface area contributed by atoms with Crippen LogP contribution in [0, 0.1) is 0 Å². The van der Waals surface area contributed by atoms with E-state index in [4.69, 9.17) is 14.2 Å². The summed E-state index contributed by atoms with van der Waals surface area (Å²) in [6, 6.07) is 23.5. The molecule has 5 aromatic rings. The maximum Gasteiger partial charge on any atom is 0.252 e. The number of fused-ring (bicyclic) bond motifs is 2. The van der Waals surface area contributed by atoms with Gasteiger partial charge >= 0.3 is 0 Å². The average Bonchev–Trinajstić information content (AvgIpc) is 3.63. The van der Waals surface area contributed by atoms with E-state index >= 15 is 0 Å². The van der Waals surface area contributed by atoms with Crippen molar-refractivity contribution in [3.63, 3.8) is 0 Å². The lowest BCUT2D eigenvalue weighted by Crippen LogP contribution is -2.32. The Labute approximate surface area is 231 Å². The summed E-state index contributed by atoms with van der Waals surface area (Å²) in [6.07, 6.45) is 0.738. The first-order chi connectivity index (χ1) is 19.6. The van der Waals surface area contributed by atoms with Gasteiger partial charge in [-0.2, -0.15) is 0 Å². The predicted molar refractivity (Wildman–Crippen MR) is 149 cm³/mol. The van der Waals surface area contributed by atoms with Crippen molar-refractivity contribution in [3.05, 3.63) is 106 Å². The largest absolute Gasteiger partial charge is 0.497 e. The fourth-order valence-corrected chi connectivity index (χ4v) is 5.16. The molecule has 2 aromatic heterocycles. The zero-order chi connectivity index (χ0) is 27.5. The number of tetrazole rings is 1. The van der Waals surface area contributed by atoms with Gasteiger partial charge in [0.05, 0.1) is 25.2 Å². The van der Waals surface area contributed by atoms with Crippen molar-refractivity contribution in [1.29, 1.82) is 0 Å².